The Kier molecular flexibility index (Phi) is 4.10. The molecule has 0 saturated heterocycles. The highest BCUT2D eigenvalue weighted by molar-refractivity contribution is 7.80. The summed E-state index contributed by atoms with van der Waals surface area (Å²) in [5.41, 5.74) is 7.33. The zero-order chi connectivity index (χ0) is 13.3. The minimum Gasteiger partial charge on any atom is -0.393 e. The fraction of sp³-hybridized carbons (Fsp3) is 0.462. The van der Waals surface area contributed by atoms with Crippen molar-refractivity contribution in [3.05, 3.63) is 28.8 Å². The van der Waals surface area contributed by atoms with E-state index in [9.17, 15) is 5.11 Å². The molecule has 3 N–H and O–H groups in total. The summed E-state index contributed by atoms with van der Waals surface area (Å²) in [6.45, 7) is 0.930. The van der Waals surface area contributed by atoms with E-state index in [0.717, 1.165) is 25.1 Å². The third-order valence-electron chi connectivity index (χ3n) is 3.40. The minimum atomic E-state index is -0.107. The monoisotopic (exact) mass is 284 g/mol. The molecular weight excluding hydrogens is 268 g/mol. The molecule has 0 unspecified atom stereocenters. The molecule has 0 spiro atoms. The second-order valence-corrected chi connectivity index (χ2v) is 5.75. The summed E-state index contributed by atoms with van der Waals surface area (Å²) in [6, 6.07) is 5.70. The predicted molar refractivity (Wildman–Crippen MR) is 79.3 cm³/mol. The van der Waals surface area contributed by atoms with E-state index >= 15 is 0 Å². The molecule has 1 aromatic rings. The number of aliphatic hydroxyl groups excluding tert-OH is 1. The number of rotatable bonds is 4. The molecular formula is C13H17ClN2OS. The Balaban J connectivity index is 2.04. The summed E-state index contributed by atoms with van der Waals surface area (Å²) in [6.07, 6.45) is 1.68. The first-order chi connectivity index (χ1) is 8.47. The van der Waals surface area contributed by atoms with E-state index in [2.05, 4.69) is 4.90 Å². The van der Waals surface area contributed by atoms with Crippen molar-refractivity contribution >= 4 is 34.5 Å². The number of nitrogens with zero attached hydrogens (tertiary/aromatic N) is 1. The number of nitrogens with two attached hydrogens (primary N) is 1. The molecule has 1 saturated carbocycles. The number of aliphatic hydroxyl groups is 1. The van der Waals surface area contributed by atoms with Gasteiger partial charge in [-0.15, -0.1) is 0 Å². The molecule has 0 aromatic heterocycles. The van der Waals surface area contributed by atoms with Gasteiger partial charge in [0.2, 0.25) is 0 Å². The van der Waals surface area contributed by atoms with Gasteiger partial charge in [0.25, 0.3) is 0 Å². The molecule has 0 atom stereocenters. The lowest BCUT2D eigenvalue weighted by Gasteiger charge is -2.35. The van der Waals surface area contributed by atoms with Gasteiger partial charge in [0, 0.05) is 24.8 Å². The second kappa shape index (κ2) is 5.43. The van der Waals surface area contributed by atoms with Gasteiger partial charge in [0.15, 0.2) is 0 Å². The maximum Gasteiger partial charge on any atom is 0.105 e. The normalized spacial score (nSPS) is 22.4. The van der Waals surface area contributed by atoms with Crippen LogP contribution in [0.2, 0.25) is 5.02 Å². The van der Waals surface area contributed by atoms with E-state index in [0.29, 0.717) is 21.5 Å². The molecule has 0 aliphatic heterocycles. The first-order valence-corrected chi connectivity index (χ1v) is 6.74. The molecule has 1 aromatic carbocycles. The summed E-state index contributed by atoms with van der Waals surface area (Å²) in [5.74, 6) is 0.569. The maximum absolute atomic E-state index is 9.28. The lowest BCUT2D eigenvalue weighted by molar-refractivity contribution is 0.0465. The van der Waals surface area contributed by atoms with Crippen LogP contribution in [0.5, 0.6) is 0 Å². The van der Waals surface area contributed by atoms with Crippen LogP contribution >= 0.6 is 23.8 Å². The second-order valence-electron chi connectivity index (χ2n) is 4.90. The van der Waals surface area contributed by atoms with Crippen LogP contribution in [0.1, 0.15) is 18.4 Å². The largest absolute Gasteiger partial charge is 0.393 e. The van der Waals surface area contributed by atoms with Gasteiger partial charge in [-0.25, -0.2) is 0 Å². The first kappa shape index (κ1) is 13.6. The molecule has 3 nitrogen and oxygen atoms in total. The quantitative estimate of drug-likeness (QED) is 0.832. The van der Waals surface area contributed by atoms with Gasteiger partial charge in [-0.1, -0.05) is 23.8 Å². The minimum absolute atomic E-state index is 0.107. The Hall–Kier alpha value is -0.840. The number of hydrogen-bond acceptors (Lipinski definition) is 3. The van der Waals surface area contributed by atoms with Crippen LogP contribution in [0.4, 0.5) is 5.69 Å². The van der Waals surface area contributed by atoms with Crippen molar-refractivity contribution in [3.63, 3.8) is 0 Å². The molecule has 0 amide bonds. The first-order valence-electron chi connectivity index (χ1n) is 5.96. The topological polar surface area (TPSA) is 49.5 Å². The number of halogens is 1. The van der Waals surface area contributed by atoms with Crippen molar-refractivity contribution in [3.8, 4) is 0 Å². The van der Waals surface area contributed by atoms with E-state index in [1.54, 1.807) is 0 Å². The molecule has 5 heteroatoms. The molecule has 18 heavy (non-hydrogen) atoms. The number of hydrogen-bond donors (Lipinski definition) is 2. The van der Waals surface area contributed by atoms with Crippen molar-refractivity contribution in [2.75, 3.05) is 18.5 Å². The molecule has 98 valence electrons. The highest BCUT2D eigenvalue weighted by Gasteiger charge is 2.28. The van der Waals surface area contributed by atoms with Crippen molar-refractivity contribution in [2.24, 2.45) is 11.7 Å². The Labute approximate surface area is 118 Å². The van der Waals surface area contributed by atoms with E-state index in [1.165, 1.54) is 0 Å². The van der Waals surface area contributed by atoms with Gasteiger partial charge in [0.05, 0.1) is 11.1 Å². The maximum atomic E-state index is 9.28. The molecule has 1 fully saturated rings. The van der Waals surface area contributed by atoms with Crippen LogP contribution in [0, 0.1) is 5.92 Å². The molecule has 2 rings (SSSR count). The summed E-state index contributed by atoms with van der Waals surface area (Å²) in [7, 11) is 2.02. The van der Waals surface area contributed by atoms with Gasteiger partial charge < -0.3 is 15.7 Å². The van der Waals surface area contributed by atoms with Gasteiger partial charge in [-0.05, 0) is 37.0 Å². The molecule has 1 aliphatic carbocycles. The van der Waals surface area contributed by atoms with Crippen LogP contribution in [0.25, 0.3) is 0 Å². The van der Waals surface area contributed by atoms with Crippen molar-refractivity contribution in [1.29, 1.82) is 0 Å². The highest BCUT2D eigenvalue weighted by atomic mass is 35.5. The SMILES string of the molecule is CN(CC1CC(O)C1)c1ccc(C(N)=S)c(Cl)c1. The molecule has 1 aliphatic rings. The van der Waals surface area contributed by atoms with Crippen molar-refractivity contribution in [1.82, 2.24) is 0 Å². The molecule has 0 heterocycles. The average Bonchev–Trinajstić information content (AvgIpc) is 2.26. The van der Waals surface area contributed by atoms with Gasteiger partial charge in [0.1, 0.15) is 4.99 Å². The van der Waals surface area contributed by atoms with Gasteiger partial charge in [-0.3, -0.25) is 0 Å². The van der Waals surface area contributed by atoms with E-state index in [4.69, 9.17) is 29.6 Å². The Morgan fingerprint density at radius 3 is 2.72 bits per heavy atom. The summed E-state index contributed by atoms with van der Waals surface area (Å²) < 4.78 is 0. The lowest BCUT2D eigenvalue weighted by atomic mass is 9.82. The van der Waals surface area contributed by atoms with Crippen LogP contribution in [0.15, 0.2) is 18.2 Å². The highest BCUT2D eigenvalue weighted by Crippen LogP contribution is 2.30. The van der Waals surface area contributed by atoms with Crippen LogP contribution in [0.3, 0.4) is 0 Å². The summed E-state index contributed by atoms with van der Waals surface area (Å²) in [4.78, 5) is 2.46. The van der Waals surface area contributed by atoms with Crippen molar-refractivity contribution in [2.45, 2.75) is 18.9 Å². The van der Waals surface area contributed by atoms with Crippen molar-refractivity contribution < 1.29 is 5.11 Å². The van der Waals surface area contributed by atoms with Gasteiger partial charge >= 0.3 is 0 Å². The summed E-state index contributed by atoms with van der Waals surface area (Å²) >= 11 is 11.1. The number of thiocarbonyl (C=S) groups is 1. The Morgan fingerprint density at radius 2 is 2.22 bits per heavy atom. The standard InChI is InChI=1S/C13H17ClN2OS/c1-16(7-8-4-10(17)5-8)9-2-3-11(13(15)18)12(14)6-9/h2-3,6,8,10,17H,4-5,7H2,1H3,(H2,15,18). The zero-order valence-corrected chi connectivity index (χ0v) is 11.8. The van der Waals surface area contributed by atoms with Crippen LogP contribution in [-0.2, 0) is 0 Å². The fourth-order valence-electron chi connectivity index (χ4n) is 2.28. The lowest BCUT2D eigenvalue weighted by Crippen LogP contribution is -2.37. The fourth-order valence-corrected chi connectivity index (χ4v) is 2.79. The van der Waals surface area contributed by atoms with E-state index in [1.807, 2.05) is 25.2 Å². The number of benzene rings is 1. The van der Waals surface area contributed by atoms with Crippen LogP contribution in [-0.4, -0.2) is 29.8 Å². The zero-order valence-electron chi connectivity index (χ0n) is 10.3. The number of anilines is 1. The summed E-state index contributed by atoms with van der Waals surface area (Å²) in [5, 5.41) is 9.86. The predicted octanol–water partition coefficient (Wildman–Crippen LogP) is 2.18. The third kappa shape index (κ3) is 2.94. The Morgan fingerprint density at radius 1 is 1.56 bits per heavy atom. The average molecular weight is 285 g/mol. The van der Waals surface area contributed by atoms with E-state index in [-0.39, 0.29) is 6.10 Å². The smallest absolute Gasteiger partial charge is 0.105 e. The Bertz CT molecular complexity index is 460. The molecule has 0 radical (unpaired) electrons. The van der Waals surface area contributed by atoms with E-state index < -0.39 is 0 Å². The third-order valence-corrected chi connectivity index (χ3v) is 3.93. The van der Waals surface area contributed by atoms with Crippen LogP contribution < -0.4 is 10.6 Å². The molecule has 0 bridgehead atoms. The van der Waals surface area contributed by atoms with Gasteiger partial charge in [-0.2, -0.15) is 0 Å².